The van der Waals surface area contributed by atoms with Crippen molar-refractivity contribution in [1.29, 1.82) is 0 Å². The first-order valence-corrected chi connectivity index (χ1v) is 15.6. The second-order valence-corrected chi connectivity index (χ2v) is 14.0. The third kappa shape index (κ3) is 7.51. The van der Waals surface area contributed by atoms with Gasteiger partial charge in [0.2, 0.25) is 0 Å². The van der Waals surface area contributed by atoms with Gasteiger partial charge in [0.15, 0.2) is 5.43 Å². The van der Waals surface area contributed by atoms with Gasteiger partial charge >= 0.3 is 7.82 Å². The van der Waals surface area contributed by atoms with Crippen LogP contribution in [0, 0.1) is 5.82 Å². The zero-order valence-corrected chi connectivity index (χ0v) is 26.7. The Kier molecular flexibility index (Phi) is 9.38. The van der Waals surface area contributed by atoms with Crippen LogP contribution in [0.3, 0.4) is 0 Å². The highest BCUT2D eigenvalue weighted by Gasteiger charge is 2.37. The van der Waals surface area contributed by atoms with Crippen molar-refractivity contribution in [2.75, 3.05) is 19.1 Å². The Hall–Kier alpha value is -2.97. The highest BCUT2D eigenvalue weighted by Crippen LogP contribution is 2.55. The van der Waals surface area contributed by atoms with E-state index in [2.05, 4.69) is 12.2 Å². The van der Waals surface area contributed by atoms with Gasteiger partial charge in [-0.1, -0.05) is 24.3 Å². The van der Waals surface area contributed by atoms with Gasteiger partial charge in [-0.25, -0.2) is 8.96 Å². The predicted molar refractivity (Wildman–Crippen MR) is 166 cm³/mol. The van der Waals surface area contributed by atoms with Crippen molar-refractivity contribution in [2.24, 2.45) is 0 Å². The van der Waals surface area contributed by atoms with Crippen LogP contribution in [-0.2, 0) is 24.9 Å². The van der Waals surface area contributed by atoms with Gasteiger partial charge in [0, 0.05) is 24.8 Å². The van der Waals surface area contributed by atoms with E-state index in [9.17, 15) is 9.36 Å². The summed E-state index contributed by atoms with van der Waals surface area (Å²) in [6.45, 7) is 10.2. The number of benzene rings is 2. The van der Waals surface area contributed by atoms with Crippen LogP contribution >= 0.6 is 7.82 Å². The van der Waals surface area contributed by atoms with E-state index in [1.165, 1.54) is 6.07 Å². The summed E-state index contributed by atoms with van der Waals surface area (Å²) in [4.78, 5) is 16.0. The Morgan fingerprint density at radius 1 is 1.02 bits per heavy atom. The molecule has 0 aliphatic heterocycles. The van der Waals surface area contributed by atoms with E-state index in [-0.39, 0.29) is 23.7 Å². The molecule has 3 aromatic rings. The monoisotopic (exact) mass is 600 g/mol. The highest BCUT2D eigenvalue weighted by molar-refractivity contribution is 7.48. The molecule has 0 saturated heterocycles. The van der Waals surface area contributed by atoms with E-state index < -0.39 is 30.3 Å². The molecule has 1 unspecified atom stereocenters. The molecule has 228 valence electrons. The van der Waals surface area contributed by atoms with Crippen LogP contribution < -0.4 is 15.1 Å². The number of anilines is 1. The Bertz CT molecular complexity index is 1530. The fraction of sp³-hybridized carbons (Fsp3) is 0.469. The summed E-state index contributed by atoms with van der Waals surface area (Å²) in [6.07, 6.45) is 8.84. The summed E-state index contributed by atoms with van der Waals surface area (Å²) in [5.41, 5.74) is -0.335. The number of ether oxygens (including phenoxy) is 1. The smallest absolute Gasteiger partial charge is 0.477 e. The Balaban J connectivity index is 1.92. The fourth-order valence-corrected chi connectivity index (χ4v) is 6.76. The molecule has 0 radical (unpaired) electrons. The molecule has 10 heteroatoms. The second-order valence-electron chi connectivity index (χ2n) is 12.5. The van der Waals surface area contributed by atoms with Gasteiger partial charge in [0.1, 0.15) is 18.3 Å². The van der Waals surface area contributed by atoms with Crippen molar-refractivity contribution in [3.63, 3.8) is 0 Å². The molecule has 0 amide bonds. The first kappa shape index (κ1) is 32.0. The number of hydrogen-bond acceptors (Lipinski definition) is 7. The number of phosphoric acid groups is 1. The molecule has 0 N–H and O–H groups in total. The molecule has 8 nitrogen and oxygen atoms in total. The molecule has 0 fully saturated rings. The fourth-order valence-electron chi connectivity index (χ4n) is 5.01. The Morgan fingerprint density at radius 3 is 2.21 bits per heavy atom. The van der Waals surface area contributed by atoms with Crippen LogP contribution in [0.5, 0.6) is 5.75 Å². The van der Waals surface area contributed by atoms with Crippen LogP contribution in [0.1, 0.15) is 60.8 Å². The molecule has 0 bridgehead atoms. The third-order valence-electron chi connectivity index (χ3n) is 6.78. The minimum atomic E-state index is -4.13. The number of methoxy groups -OCH3 is 1. The van der Waals surface area contributed by atoms with E-state index in [0.717, 1.165) is 19.3 Å². The molecule has 1 heterocycles. The lowest BCUT2D eigenvalue weighted by atomic mass is 9.99. The van der Waals surface area contributed by atoms with Gasteiger partial charge < -0.3 is 14.2 Å². The highest BCUT2D eigenvalue weighted by atomic mass is 31.2. The maximum atomic E-state index is 15.6. The molecule has 1 aromatic heterocycles. The van der Waals surface area contributed by atoms with Crippen molar-refractivity contribution in [1.82, 2.24) is 4.57 Å². The zero-order valence-electron chi connectivity index (χ0n) is 25.8. The van der Waals surface area contributed by atoms with E-state index in [1.54, 1.807) is 89.7 Å². The molecule has 4 rings (SSSR count). The average Bonchev–Trinajstić information content (AvgIpc) is 2.91. The third-order valence-corrected chi connectivity index (χ3v) is 8.76. The topological polar surface area (TPSA) is 79.2 Å². The number of nitrogens with zero attached hydrogens (tertiary/aromatic N) is 2. The molecular weight excluding hydrogens is 558 g/mol. The number of hydrogen-bond donors (Lipinski definition) is 0. The molecule has 0 spiro atoms. The van der Waals surface area contributed by atoms with E-state index in [0.29, 0.717) is 22.5 Å². The van der Waals surface area contributed by atoms with Crippen molar-refractivity contribution < 1.29 is 27.3 Å². The minimum Gasteiger partial charge on any atom is -0.497 e. The first-order chi connectivity index (χ1) is 19.6. The van der Waals surface area contributed by atoms with Crippen molar-refractivity contribution in [2.45, 2.75) is 84.8 Å². The molecule has 42 heavy (non-hydrogen) atoms. The van der Waals surface area contributed by atoms with Gasteiger partial charge in [0.05, 0.1) is 34.9 Å². The number of fused-ring (bicyclic) bond motifs is 1. The second kappa shape index (κ2) is 12.3. The van der Waals surface area contributed by atoms with Crippen LogP contribution in [-0.4, -0.2) is 36.0 Å². The number of pyridine rings is 1. The molecule has 1 aliphatic carbocycles. The van der Waals surface area contributed by atoms with Crippen LogP contribution in [0.15, 0.2) is 59.5 Å². The Labute approximate surface area is 247 Å². The Morgan fingerprint density at radius 2 is 1.67 bits per heavy atom. The molecule has 2 aromatic carbocycles. The van der Waals surface area contributed by atoms with Crippen LogP contribution in [0.4, 0.5) is 10.1 Å². The normalized spacial score (nSPS) is 16.2. The molecule has 1 atom stereocenters. The lowest BCUT2D eigenvalue weighted by molar-refractivity contribution is -0.00568. The van der Waals surface area contributed by atoms with Gasteiger partial charge in [0.25, 0.3) is 0 Å². The van der Waals surface area contributed by atoms with Crippen molar-refractivity contribution >= 4 is 24.4 Å². The molecule has 0 saturated carbocycles. The summed E-state index contributed by atoms with van der Waals surface area (Å²) in [5, 5.41) is -0.0839. The number of aromatic nitrogens is 1. The predicted octanol–water partition coefficient (Wildman–Crippen LogP) is 8.07. The number of halogens is 1. The maximum Gasteiger partial charge on any atom is 0.477 e. The van der Waals surface area contributed by atoms with E-state index in [1.807, 2.05) is 11.9 Å². The van der Waals surface area contributed by atoms with Gasteiger partial charge in [-0.3, -0.25) is 18.4 Å². The SMILES string of the molecule is COc1ccc(-c2cn(COP(=O)(OC(C)(C)C)OC(C)(C)C)c3c(N(C)C4C=CCCC4)ccc(F)c3c2=O)cc1. The van der Waals surface area contributed by atoms with Crippen molar-refractivity contribution in [3.05, 3.63) is 70.8 Å². The lowest BCUT2D eigenvalue weighted by Gasteiger charge is -2.32. The lowest BCUT2D eigenvalue weighted by Crippen LogP contribution is -2.32. The largest absolute Gasteiger partial charge is 0.497 e. The van der Waals surface area contributed by atoms with E-state index in [4.69, 9.17) is 18.3 Å². The first-order valence-electron chi connectivity index (χ1n) is 14.2. The van der Waals surface area contributed by atoms with Crippen LogP contribution in [0.25, 0.3) is 22.0 Å². The quantitative estimate of drug-likeness (QED) is 0.182. The van der Waals surface area contributed by atoms with Crippen molar-refractivity contribution in [3.8, 4) is 16.9 Å². The summed E-state index contributed by atoms with van der Waals surface area (Å²) in [6, 6.07) is 10.0. The summed E-state index contributed by atoms with van der Waals surface area (Å²) >= 11 is 0. The molecule has 1 aliphatic rings. The van der Waals surface area contributed by atoms with E-state index >= 15 is 4.39 Å². The average molecular weight is 601 g/mol. The summed E-state index contributed by atoms with van der Waals surface area (Å²) < 4.78 is 54.1. The van der Waals surface area contributed by atoms with Gasteiger partial charge in [-0.05, 0) is 90.6 Å². The summed E-state index contributed by atoms with van der Waals surface area (Å²) in [5.74, 6) is -0.0334. The van der Waals surface area contributed by atoms with Gasteiger partial charge in [-0.2, -0.15) is 0 Å². The van der Waals surface area contributed by atoms with Crippen LogP contribution in [0.2, 0.25) is 0 Å². The number of likely N-dealkylation sites (N-methyl/N-ethyl adjacent to an activating group) is 1. The zero-order chi connectivity index (χ0) is 30.9. The number of phosphoric ester groups is 1. The maximum absolute atomic E-state index is 15.6. The number of rotatable bonds is 9. The summed E-state index contributed by atoms with van der Waals surface area (Å²) in [7, 11) is -0.642. The molecular formula is C32H42FN2O6P. The number of allylic oxidation sites excluding steroid dienone is 1. The van der Waals surface area contributed by atoms with Gasteiger partial charge in [-0.15, -0.1) is 0 Å². The standard InChI is InChI=1S/C32H42FN2O6P/c1-31(2,3)40-42(37,41-32(4,5)6)39-21-35-20-25(22-14-16-24(38-8)17-15-22)30(36)28-26(33)18-19-27(29(28)35)34(7)23-12-10-9-11-13-23/h10,12,14-20,23H,9,11,13,21H2,1-8H3. The minimum absolute atomic E-state index is 0.0673.